The Morgan fingerprint density at radius 1 is 1.22 bits per heavy atom. The lowest BCUT2D eigenvalue weighted by molar-refractivity contribution is 0.297. The van der Waals surface area contributed by atoms with E-state index in [9.17, 15) is 0 Å². The molecule has 0 radical (unpaired) electrons. The standard InChI is InChI=1S/C18H20N6O3/c1-19-18(20-11-16-22-17(24-23-16)14-4-2-7-26-14)21-12-5-6-13-15(10-12)27-9-3-8-25-13/h2,4-7,10H,3,8-9,11H2,1H3,(H2,19,20,21)(H,22,23,24). The lowest BCUT2D eigenvalue weighted by atomic mass is 10.3. The summed E-state index contributed by atoms with van der Waals surface area (Å²) >= 11 is 0. The SMILES string of the molecule is CN=C(NCc1nc(-c2ccco2)n[nH]1)Nc1ccc2c(c1)OCCCO2. The van der Waals surface area contributed by atoms with Crippen LogP contribution in [-0.2, 0) is 6.54 Å². The van der Waals surface area contributed by atoms with Gasteiger partial charge in [0, 0.05) is 25.2 Å². The number of nitrogens with one attached hydrogen (secondary N) is 3. The van der Waals surface area contributed by atoms with Crippen LogP contribution in [0, 0.1) is 0 Å². The van der Waals surface area contributed by atoms with Gasteiger partial charge in [-0.2, -0.15) is 0 Å². The molecule has 27 heavy (non-hydrogen) atoms. The number of H-pyrrole nitrogens is 1. The molecule has 1 aliphatic rings. The van der Waals surface area contributed by atoms with Gasteiger partial charge in [-0.3, -0.25) is 10.1 Å². The summed E-state index contributed by atoms with van der Waals surface area (Å²) in [5, 5.41) is 13.4. The van der Waals surface area contributed by atoms with E-state index in [-0.39, 0.29) is 0 Å². The number of anilines is 1. The van der Waals surface area contributed by atoms with Gasteiger partial charge < -0.3 is 24.5 Å². The van der Waals surface area contributed by atoms with Gasteiger partial charge in [0.05, 0.1) is 26.0 Å². The summed E-state index contributed by atoms with van der Waals surface area (Å²) in [7, 11) is 1.70. The van der Waals surface area contributed by atoms with Crippen molar-refractivity contribution in [1.82, 2.24) is 20.5 Å². The van der Waals surface area contributed by atoms with Crippen molar-refractivity contribution in [1.29, 1.82) is 0 Å². The molecule has 4 rings (SSSR count). The van der Waals surface area contributed by atoms with Crippen LogP contribution in [0.3, 0.4) is 0 Å². The van der Waals surface area contributed by atoms with Crippen LogP contribution < -0.4 is 20.1 Å². The van der Waals surface area contributed by atoms with Gasteiger partial charge in [0.15, 0.2) is 23.2 Å². The Balaban J connectivity index is 1.38. The zero-order valence-electron chi connectivity index (χ0n) is 14.9. The number of aromatic amines is 1. The Hall–Kier alpha value is -3.49. The highest BCUT2D eigenvalue weighted by atomic mass is 16.5. The Bertz CT molecular complexity index is 919. The lowest BCUT2D eigenvalue weighted by Crippen LogP contribution is -2.30. The zero-order chi connectivity index (χ0) is 18.5. The highest BCUT2D eigenvalue weighted by molar-refractivity contribution is 5.93. The molecule has 3 N–H and O–H groups in total. The molecule has 0 spiro atoms. The number of rotatable bonds is 4. The van der Waals surface area contributed by atoms with Gasteiger partial charge >= 0.3 is 0 Å². The number of furan rings is 1. The number of guanidine groups is 1. The molecule has 0 saturated heterocycles. The van der Waals surface area contributed by atoms with Crippen LogP contribution in [0.4, 0.5) is 5.69 Å². The van der Waals surface area contributed by atoms with E-state index in [1.807, 2.05) is 24.3 Å². The van der Waals surface area contributed by atoms with Crippen molar-refractivity contribution in [3.63, 3.8) is 0 Å². The van der Waals surface area contributed by atoms with E-state index in [4.69, 9.17) is 13.9 Å². The molecule has 1 aliphatic heterocycles. The molecule has 1 aromatic carbocycles. The first kappa shape index (κ1) is 17.0. The fraction of sp³-hybridized carbons (Fsp3) is 0.278. The monoisotopic (exact) mass is 368 g/mol. The molecule has 0 fully saturated rings. The molecule has 0 aliphatic carbocycles. The van der Waals surface area contributed by atoms with Crippen LogP contribution in [0.1, 0.15) is 12.2 Å². The molecule has 3 heterocycles. The second-order valence-electron chi connectivity index (χ2n) is 5.85. The smallest absolute Gasteiger partial charge is 0.216 e. The van der Waals surface area contributed by atoms with Crippen LogP contribution >= 0.6 is 0 Å². The third-order valence-electron chi connectivity index (χ3n) is 3.93. The molecule has 0 atom stereocenters. The molecule has 3 aromatic rings. The molecule has 0 amide bonds. The molecular weight excluding hydrogens is 348 g/mol. The molecule has 2 aromatic heterocycles. The molecule has 0 unspecified atom stereocenters. The number of aromatic nitrogens is 3. The Labute approximate surface area is 155 Å². The van der Waals surface area contributed by atoms with E-state index in [0.29, 0.717) is 43.1 Å². The van der Waals surface area contributed by atoms with Gasteiger partial charge in [0.25, 0.3) is 0 Å². The van der Waals surface area contributed by atoms with Gasteiger partial charge in [-0.05, 0) is 24.3 Å². The van der Waals surface area contributed by atoms with Crippen molar-refractivity contribution in [3.8, 4) is 23.1 Å². The fourth-order valence-corrected chi connectivity index (χ4v) is 2.61. The fourth-order valence-electron chi connectivity index (χ4n) is 2.61. The largest absolute Gasteiger partial charge is 0.490 e. The normalized spacial score (nSPS) is 13.9. The topological polar surface area (TPSA) is 110 Å². The number of benzene rings is 1. The van der Waals surface area contributed by atoms with Crippen molar-refractivity contribution >= 4 is 11.6 Å². The summed E-state index contributed by atoms with van der Waals surface area (Å²) in [6.45, 7) is 1.74. The quantitative estimate of drug-likeness (QED) is 0.479. The van der Waals surface area contributed by atoms with Crippen molar-refractivity contribution < 1.29 is 13.9 Å². The van der Waals surface area contributed by atoms with Crippen molar-refractivity contribution in [3.05, 3.63) is 42.4 Å². The van der Waals surface area contributed by atoms with E-state index in [1.54, 1.807) is 19.4 Å². The first-order chi connectivity index (χ1) is 13.3. The minimum atomic E-state index is 0.429. The predicted octanol–water partition coefficient (Wildman–Crippen LogP) is 2.41. The lowest BCUT2D eigenvalue weighted by Gasteiger charge is -2.13. The number of hydrogen-bond acceptors (Lipinski definition) is 6. The summed E-state index contributed by atoms with van der Waals surface area (Å²) in [5.41, 5.74) is 0.848. The molecule has 0 bridgehead atoms. The highest BCUT2D eigenvalue weighted by Gasteiger charge is 2.12. The number of hydrogen-bond donors (Lipinski definition) is 3. The maximum atomic E-state index is 5.71. The van der Waals surface area contributed by atoms with Crippen LogP contribution in [0.25, 0.3) is 11.6 Å². The average Bonchev–Trinajstić information content (AvgIpc) is 3.33. The van der Waals surface area contributed by atoms with E-state index in [0.717, 1.165) is 23.6 Å². The first-order valence-electron chi connectivity index (χ1n) is 8.64. The van der Waals surface area contributed by atoms with E-state index in [2.05, 4.69) is 30.8 Å². The summed E-state index contributed by atoms with van der Waals surface area (Å²) < 4.78 is 16.7. The van der Waals surface area contributed by atoms with E-state index >= 15 is 0 Å². The van der Waals surface area contributed by atoms with Crippen LogP contribution in [0.2, 0.25) is 0 Å². The highest BCUT2D eigenvalue weighted by Crippen LogP contribution is 2.32. The summed E-state index contributed by atoms with van der Waals surface area (Å²) in [6.07, 6.45) is 2.46. The number of ether oxygens (including phenoxy) is 2. The van der Waals surface area contributed by atoms with Gasteiger partial charge in [0.1, 0.15) is 5.82 Å². The Morgan fingerprint density at radius 3 is 2.93 bits per heavy atom. The predicted molar refractivity (Wildman–Crippen MR) is 100.0 cm³/mol. The minimum Gasteiger partial charge on any atom is -0.490 e. The molecular formula is C18H20N6O3. The first-order valence-corrected chi connectivity index (χ1v) is 8.64. The van der Waals surface area contributed by atoms with Crippen LogP contribution in [0.15, 0.2) is 46.0 Å². The van der Waals surface area contributed by atoms with Gasteiger partial charge in [0.2, 0.25) is 5.82 Å². The van der Waals surface area contributed by atoms with E-state index < -0.39 is 0 Å². The maximum Gasteiger partial charge on any atom is 0.216 e. The zero-order valence-corrected chi connectivity index (χ0v) is 14.9. The van der Waals surface area contributed by atoms with Crippen LogP contribution in [0.5, 0.6) is 11.5 Å². The van der Waals surface area contributed by atoms with Gasteiger partial charge in [-0.15, -0.1) is 5.10 Å². The second-order valence-corrected chi connectivity index (χ2v) is 5.85. The maximum absolute atomic E-state index is 5.71. The second kappa shape index (κ2) is 7.81. The number of aliphatic imine (C=N–C) groups is 1. The summed E-state index contributed by atoms with van der Waals surface area (Å²) in [5.74, 6) is 3.89. The van der Waals surface area contributed by atoms with Gasteiger partial charge in [-0.25, -0.2) is 4.98 Å². The minimum absolute atomic E-state index is 0.429. The van der Waals surface area contributed by atoms with Crippen molar-refractivity contribution in [2.75, 3.05) is 25.6 Å². The molecule has 140 valence electrons. The number of fused-ring (bicyclic) bond motifs is 1. The van der Waals surface area contributed by atoms with E-state index in [1.165, 1.54) is 0 Å². The molecule has 0 saturated carbocycles. The number of nitrogens with zero attached hydrogens (tertiary/aromatic N) is 3. The Morgan fingerprint density at radius 2 is 2.11 bits per heavy atom. The van der Waals surface area contributed by atoms with Crippen molar-refractivity contribution in [2.24, 2.45) is 4.99 Å². The van der Waals surface area contributed by atoms with Gasteiger partial charge in [-0.1, -0.05) is 0 Å². The average molecular weight is 368 g/mol. The molecule has 9 heteroatoms. The third-order valence-corrected chi connectivity index (χ3v) is 3.93. The summed E-state index contributed by atoms with van der Waals surface area (Å²) in [6, 6.07) is 9.32. The van der Waals surface area contributed by atoms with Crippen molar-refractivity contribution in [2.45, 2.75) is 13.0 Å². The molecule has 9 nitrogen and oxygen atoms in total. The third kappa shape index (κ3) is 4.02. The summed E-state index contributed by atoms with van der Waals surface area (Å²) in [4.78, 5) is 8.62. The van der Waals surface area contributed by atoms with Crippen LogP contribution in [-0.4, -0.2) is 41.4 Å². The Kier molecular flexibility index (Phi) is 4.91.